The molecule has 172 valence electrons. The van der Waals surface area contributed by atoms with Gasteiger partial charge in [-0.1, -0.05) is 159 Å². The van der Waals surface area contributed by atoms with Crippen LogP contribution in [0.2, 0.25) is 39.3 Å². The van der Waals surface area contributed by atoms with Crippen molar-refractivity contribution in [2.45, 2.75) is 39.3 Å². The first kappa shape index (κ1) is 25.7. The van der Waals surface area contributed by atoms with Crippen molar-refractivity contribution in [1.82, 2.24) is 0 Å². The minimum absolute atomic E-state index is 1.19. The minimum atomic E-state index is -1.47. The van der Waals surface area contributed by atoms with Gasteiger partial charge in [0.2, 0.25) is 0 Å². The molecule has 0 aromatic heterocycles. The first-order valence-corrected chi connectivity index (χ1v) is 21.5. The van der Waals surface area contributed by atoms with Crippen LogP contribution >= 0.6 is 47.0 Å². The summed E-state index contributed by atoms with van der Waals surface area (Å²) in [6.45, 7) is 13.8. The zero-order chi connectivity index (χ0) is 24.3. The summed E-state index contributed by atoms with van der Waals surface area (Å²) in [7, 11) is -2.94. The summed E-state index contributed by atoms with van der Waals surface area (Å²) < 4.78 is 2.65. The van der Waals surface area contributed by atoms with E-state index in [1.54, 1.807) is 0 Å². The summed E-state index contributed by atoms with van der Waals surface area (Å²) >= 11 is 7.41. The smallest absolute Gasteiger partial charge is 0.126 e. The topological polar surface area (TPSA) is 0 Å². The molecule has 6 heteroatoms. The van der Waals surface area contributed by atoms with Crippen LogP contribution in [0, 0.1) is 22.9 Å². The Hall–Kier alpha value is -1.39. The number of rotatable bonds is 2. The summed E-state index contributed by atoms with van der Waals surface area (Å²) in [5, 5.41) is 0. The van der Waals surface area contributed by atoms with E-state index < -0.39 is 16.1 Å². The van der Waals surface area contributed by atoms with Gasteiger partial charge in [-0.3, -0.25) is 0 Å². The molecule has 0 spiro atoms. The van der Waals surface area contributed by atoms with Crippen LogP contribution in [0.1, 0.15) is 11.1 Å². The van der Waals surface area contributed by atoms with Gasteiger partial charge in [0.1, 0.15) is 16.1 Å². The van der Waals surface area contributed by atoms with Crippen LogP contribution < -0.4 is 0 Å². The highest BCUT2D eigenvalue weighted by atomic mass is 32.2. The van der Waals surface area contributed by atoms with Crippen molar-refractivity contribution in [3.05, 3.63) is 90.1 Å². The van der Waals surface area contributed by atoms with E-state index in [4.69, 9.17) is 0 Å². The van der Waals surface area contributed by atoms with Gasteiger partial charge in [0.15, 0.2) is 0 Å². The lowest BCUT2D eigenvalue weighted by Crippen LogP contribution is -2.16. The van der Waals surface area contributed by atoms with Gasteiger partial charge in [0.25, 0.3) is 0 Å². The summed E-state index contributed by atoms with van der Waals surface area (Å²) in [5.41, 5.74) is 9.67. The molecule has 2 aromatic carbocycles. The Morgan fingerprint density at radius 1 is 0.500 bits per heavy atom. The molecule has 0 fully saturated rings. The van der Waals surface area contributed by atoms with Crippen molar-refractivity contribution >= 4 is 73.0 Å². The first-order chi connectivity index (χ1) is 16.1. The van der Waals surface area contributed by atoms with Crippen molar-refractivity contribution in [3.63, 3.8) is 0 Å². The van der Waals surface area contributed by atoms with Crippen LogP contribution in [-0.4, -0.2) is 16.1 Å². The molecule has 2 aliphatic heterocycles. The minimum Gasteiger partial charge on any atom is -0.126 e. The lowest BCUT2D eigenvalue weighted by Gasteiger charge is -2.04. The zero-order valence-electron chi connectivity index (χ0n) is 20.4. The molecule has 0 atom stereocenters. The highest BCUT2D eigenvalue weighted by Gasteiger charge is 2.30. The molecular weight excluding hydrogens is 521 g/mol. The Morgan fingerprint density at radius 3 is 1.18 bits per heavy atom. The number of allylic oxidation sites excluding steroid dienone is 2. The maximum Gasteiger partial charge on any atom is 0.129 e. The predicted octanol–water partition coefficient (Wildman–Crippen LogP) is 9.57. The van der Waals surface area contributed by atoms with Gasteiger partial charge in [0, 0.05) is 9.81 Å². The van der Waals surface area contributed by atoms with Crippen molar-refractivity contribution < 1.29 is 0 Å². The standard InChI is InChI=1S/C28H28S4Si2/c1-33(2,3)19-17-23-25(21-13-9-7-10-14-21)31-27(29-23)28-30-24(18-20-34(4,5)6)26(32-28)22-15-11-8-12-16-22/h7-16H,1-6H3/b28-27+. The highest BCUT2D eigenvalue weighted by molar-refractivity contribution is 8.37. The van der Waals surface area contributed by atoms with Crippen LogP contribution in [0.4, 0.5) is 0 Å². The van der Waals surface area contributed by atoms with Crippen LogP contribution in [0.15, 0.2) is 78.9 Å². The third-order valence-electron chi connectivity index (χ3n) is 4.53. The Balaban J connectivity index is 1.72. The average molecular weight is 549 g/mol. The molecule has 0 N–H and O–H groups in total. The molecule has 0 unspecified atom stereocenters. The molecule has 0 amide bonds. The average Bonchev–Trinajstić information content (AvgIpc) is 3.41. The Labute approximate surface area is 223 Å². The molecule has 2 heterocycles. The van der Waals surface area contributed by atoms with Crippen molar-refractivity contribution in [3.8, 4) is 22.9 Å². The van der Waals surface area contributed by atoms with Gasteiger partial charge in [-0.2, -0.15) is 0 Å². The summed E-state index contributed by atoms with van der Waals surface area (Å²) in [4.78, 5) is 4.93. The Bertz CT molecular complexity index is 1200. The second-order valence-corrected chi connectivity index (χ2v) is 24.1. The Morgan fingerprint density at radius 2 is 0.853 bits per heavy atom. The second kappa shape index (κ2) is 10.7. The van der Waals surface area contributed by atoms with Crippen molar-refractivity contribution in [2.75, 3.05) is 0 Å². The van der Waals surface area contributed by atoms with Crippen LogP contribution in [0.25, 0.3) is 9.81 Å². The summed E-state index contributed by atoms with van der Waals surface area (Å²) in [5.74, 6) is 7.14. The molecule has 4 rings (SSSR count). The molecule has 2 aromatic rings. The van der Waals surface area contributed by atoms with Gasteiger partial charge in [-0.25, -0.2) is 0 Å². The third kappa shape index (κ3) is 6.85. The van der Waals surface area contributed by atoms with E-state index in [0.29, 0.717) is 0 Å². The van der Waals surface area contributed by atoms with Crippen LogP contribution in [0.5, 0.6) is 0 Å². The van der Waals surface area contributed by atoms with Gasteiger partial charge in [0.05, 0.1) is 18.3 Å². The van der Waals surface area contributed by atoms with Gasteiger partial charge >= 0.3 is 0 Å². The number of benzene rings is 2. The summed E-state index contributed by atoms with van der Waals surface area (Å²) in [6, 6.07) is 21.4. The maximum absolute atomic E-state index is 3.59. The van der Waals surface area contributed by atoms with Gasteiger partial charge < -0.3 is 0 Å². The van der Waals surface area contributed by atoms with E-state index in [1.165, 1.54) is 39.2 Å². The number of hydrogen-bond acceptors (Lipinski definition) is 4. The fourth-order valence-corrected chi connectivity index (χ4v) is 9.49. The highest BCUT2D eigenvalue weighted by Crippen LogP contribution is 2.63. The first-order valence-electron chi connectivity index (χ1n) is 11.2. The maximum atomic E-state index is 3.59. The molecule has 34 heavy (non-hydrogen) atoms. The van der Waals surface area contributed by atoms with E-state index in [2.05, 4.69) is 123 Å². The molecule has 0 bridgehead atoms. The predicted molar refractivity (Wildman–Crippen MR) is 166 cm³/mol. The van der Waals surface area contributed by atoms with E-state index in [0.717, 1.165) is 0 Å². The molecule has 0 saturated carbocycles. The lowest BCUT2D eigenvalue weighted by molar-refractivity contribution is 1.65. The molecule has 0 radical (unpaired) electrons. The third-order valence-corrected chi connectivity index (χ3v) is 11.9. The van der Waals surface area contributed by atoms with Gasteiger partial charge in [-0.05, 0) is 11.1 Å². The number of hydrogen-bond donors (Lipinski definition) is 0. The second-order valence-electron chi connectivity index (χ2n) is 10.0. The normalized spacial score (nSPS) is 18.5. The van der Waals surface area contributed by atoms with Crippen molar-refractivity contribution in [2.24, 2.45) is 0 Å². The molecular formula is C28H28S4Si2. The molecule has 2 aliphatic rings. The zero-order valence-corrected chi connectivity index (χ0v) is 25.7. The van der Waals surface area contributed by atoms with E-state index in [1.807, 2.05) is 47.0 Å². The van der Waals surface area contributed by atoms with Crippen molar-refractivity contribution in [1.29, 1.82) is 0 Å². The fraction of sp³-hybridized carbons (Fsp3) is 0.214. The van der Waals surface area contributed by atoms with E-state index in [-0.39, 0.29) is 0 Å². The molecule has 0 aliphatic carbocycles. The van der Waals surface area contributed by atoms with E-state index >= 15 is 0 Å². The molecule has 0 nitrogen and oxygen atoms in total. The van der Waals surface area contributed by atoms with E-state index in [9.17, 15) is 0 Å². The fourth-order valence-electron chi connectivity index (χ4n) is 2.98. The summed E-state index contributed by atoms with van der Waals surface area (Å²) in [6.07, 6.45) is 0. The van der Waals surface area contributed by atoms with Crippen LogP contribution in [-0.2, 0) is 0 Å². The van der Waals surface area contributed by atoms with Crippen LogP contribution in [0.3, 0.4) is 0 Å². The Kier molecular flexibility index (Phi) is 8.09. The number of thioether (sulfide) groups is 4. The quantitative estimate of drug-likeness (QED) is 0.270. The van der Waals surface area contributed by atoms with Gasteiger partial charge in [-0.15, -0.1) is 11.1 Å². The largest absolute Gasteiger partial charge is 0.129 e. The molecule has 0 saturated heterocycles. The SMILES string of the molecule is C[Si](C)(C)C#CC1=C(c2ccccc2)S/C(=C2\SC(C#C[Si](C)(C)C)=C(c3ccccc3)S2)S1. The monoisotopic (exact) mass is 548 g/mol. The lowest BCUT2D eigenvalue weighted by atomic mass is 10.2.